The van der Waals surface area contributed by atoms with Gasteiger partial charge in [0.05, 0.1) is 12.9 Å². The molecule has 6 heteroatoms. The van der Waals surface area contributed by atoms with Crippen molar-refractivity contribution in [2.75, 3.05) is 19.8 Å². The van der Waals surface area contributed by atoms with Gasteiger partial charge in [0.25, 0.3) is 5.56 Å². The van der Waals surface area contributed by atoms with Gasteiger partial charge in [-0.2, -0.15) is 0 Å². The van der Waals surface area contributed by atoms with Crippen LogP contribution in [0.5, 0.6) is 5.88 Å². The summed E-state index contributed by atoms with van der Waals surface area (Å²) in [5.74, 6) is 0.364. The highest BCUT2D eigenvalue weighted by Gasteiger charge is 2.05. The Morgan fingerprint density at radius 2 is 2.25 bits per heavy atom. The standard InChI is InChI=1S/C10H15IN2O3/c1-2-3-4-15-5-6-16-10-8(11)9(14)12-7-13-10/h7H,2-6H2,1H3,(H,12,13,14). The summed E-state index contributed by atoms with van der Waals surface area (Å²) in [6.45, 7) is 3.79. The molecule has 1 aromatic heterocycles. The first-order valence-electron chi connectivity index (χ1n) is 5.19. The summed E-state index contributed by atoms with van der Waals surface area (Å²) in [5, 5.41) is 0. The lowest BCUT2D eigenvalue weighted by Crippen LogP contribution is -2.15. The molecule has 0 aliphatic rings. The lowest BCUT2D eigenvalue weighted by Gasteiger charge is -2.06. The maximum atomic E-state index is 11.2. The van der Waals surface area contributed by atoms with Crippen molar-refractivity contribution in [3.8, 4) is 5.88 Å². The molecule has 90 valence electrons. The minimum absolute atomic E-state index is 0.183. The van der Waals surface area contributed by atoms with E-state index in [2.05, 4.69) is 16.9 Å². The number of ether oxygens (including phenoxy) is 2. The molecule has 1 N–H and O–H groups in total. The quantitative estimate of drug-likeness (QED) is 0.606. The number of halogens is 1. The van der Waals surface area contributed by atoms with Gasteiger partial charge in [-0.3, -0.25) is 4.79 Å². The van der Waals surface area contributed by atoms with E-state index in [1.165, 1.54) is 6.33 Å². The van der Waals surface area contributed by atoms with E-state index < -0.39 is 0 Å². The van der Waals surface area contributed by atoms with Crippen LogP contribution in [0, 0.1) is 3.57 Å². The van der Waals surface area contributed by atoms with Gasteiger partial charge in [0.15, 0.2) is 0 Å². The Morgan fingerprint density at radius 3 is 3.00 bits per heavy atom. The number of rotatable bonds is 7. The van der Waals surface area contributed by atoms with Crippen LogP contribution in [-0.2, 0) is 4.74 Å². The molecule has 0 aliphatic carbocycles. The van der Waals surface area contributed by atoms with E-state index in [0.29, 0.717) is 22.7 Å². The van der Waals surface area contributed by atoms with E-state index in [0.717, 1.165) is 19.4 Å². The van der Waals surface area contributed by atoms with Crippen LogP contribution < -0.4 is 10.3 Å². The smallest absolute Gasteiger partial charge is 0.268 e. The SMILES string of the molecule is CCCCOCCOc1nc[nH]c(=O)c1I. The number of nitrogens with one attached hydrogen (secondary N) is 1. The lowest BCUT2D eigenvalue weighted by atomic mass is 10.4. The minimum Gasteiger partial charge on any atom is -0.474 e. The van der Waals surface area contributed by atoms with Crippen LogP contribution in [0.3, 0.4) is 0 Å². The Bertz CT molecular complexity index is 367. The van der Waals surface area contributed by atoms with Crippen LogP contribution >= 0.6 is 22.6 Å². The molecule has 0 saturated carbocycles. The highest BCUT2D eigenvalue weighted by Crippen LogP contribution is 2.11. The van der Waals surface area contributed by atoms with Gasteiger partial charge in [-0.05, 0) is 29.0 Å². The molecule has 1 aromatic rings. The Morgan fingerprint density at radius 1 is 1.44 bits per heavy atom. The van der Waals surface area contributed by atoms with Crippen LogP contribution in [0.4, 0.5) is 0 Å². The molecular formula is C10H15IN2O3. The van der Waals surface area contributed by atoms with Crippen LogP contribution in [-0.4, -0.2) is 29.8 Å². The number of H-pyrrole nitrogens is 1. The van der Waals surface area contributed by atoms with Gasteiger partial charge in [0, 0.05) is 6.61 Å². The molecule has 0 spiro atoms. The molecule has 0 atom stereocenters. The second-order valence-electron chi connectivity index (χ2n) is 3.17. The number of aromatic amines is 1. The van der Waals surface area contributed by atoms with E-state index in [-0.39, 0.29) is 5.56 Å². The molecule has 0 unspecified atom stereocenters. The van der Waals surface area contributed by atoms with Crippen molar-refractivity contribution in [2.45, 2.75) is 19.8 Å². The molecule has 1 rings (SSSR count). The predicted octanol–water partition coefficient (Wildman–Crippen LogP) is 1.57. The Kier molecular flexibility index (Phi) is 6.39. The second-order valence-corrected chi connectivity index (χ2v) is 4.24. The van der Waals surface area contributed by atoms with Crippen LogP contribution in [0.15, 0.2) is 11.1 Å². The van der Waals surface area contributed by atoms with Crippen LogP contribution in [0.1, 0.15) is 19.8 Å². The topological polar surface area (TPSA) is 64.2 Å². The normalized spacial score (nSPS) is 10.4. The molecule has 0 fully saturated rings. The maximum absolute atomic E-state index is 11.2. The maximum Gasteiger partial charge on any atom is 0.268 e. The molecule has 5 nitrogen and oxygen atoms in total. The average Bonchev–Trinajstić information content (AvgIpc) is 2.29. The molecule has 0 aliphatic heterocycles. The van der Waals surface area contributed by atoms with E-state index in [9.17, 15) is 4.79 Å². The summed E-state index contributed by atoms with van der Waals surface area (Å²) in [5.41, 5.74) is -0.183. The third-order valence-corrected chi connectivity index (χ3v) is 2.82. The zero-order chi connectivity index (χ0) is 11.8. The fourth-order valence-electron chi connectivity index (χ4n) is 1.01. The van der Waals surface area contributed by atoms with E-state index in [1.807, 2.05) is 22.6 Å². The summed E-state index contributed by atoms with van der Waals surface area (Å²) in [4.78, 5) is 17.6. The Balaban J connectivity index is 2.27. The fourth-order valence-corrected chi connectivity index (χ4v) is 1.46. The van der Waals surface area contributed by atoms with Crippen molar-refractivity contribution in [2.24, 2.45) is 0 Å². The van der Waals surface area contributed by atoms with E-state index in [4.69, 9.17) is 9.47 Å². The summed E-state index contributed by atoms with van der Waals surface area (Å²) < 4.78 is 11.1. The Labute approximate surface area is 108 Å². The van der Waals surface area contributed by atoms with Gasteiger partial charge in [-0.25, -0.2) is 4.98 Å². The summed E-state index contributed by atoms with van der Waals surface area (Å²) >= 11 is 1.91. The van der Waals surface area contributed by atoms with Gasteiger partial charge < -0.3 is 14.5 Å². The number of hydrogen-bond acceptors (Lipinski definition) is 4. The zero-order valence-electron chi connectivity index (χ0n) is 9.16. The summed E-state index contributed by atoms with van der Waals surface area (Å²) in [6, 6.07) is 0. The zero-order valence-corrected chi connectivity index (χ0v) is 11.3. The third kappa shape index (κ3) is 4.48. The van der Waals surface area contributed by atoms with E-state index in [1.54, 1.807) is 0 Å². The summed E-state index contributed by atoms with van der Waals surface area (Å²) in [6.07, 6.45) is 3.51. The number of unbranched alkanes of at least 4 members (excludes halogenated alkanes) is 1. The Hall–Kier alpha value is -0.630. The van der Waals surface area contributed by atoms with Gasteiger partial charge >= 0.3 is 0 Å². The molecule has 0 aromatic carbocycles. The van der Waals surface area contributed by atoms with E-state index >= 15 is 0 Å². The van der Waals surface area contributed by atoms with Gasteiger partial charge in [0.1, 0.15) is 10.2 Å². The highest BCUT2D eigenvalue weighted by atomic mass is 127. The summed E-state index contributed by atoms with van der Waals surface area (Å²) in [7, 11) is 0. The van der Waals surface area contributed by atoms with Gasteiger partial charge in [0.2, 0.25) is 5.88 Å². The molecule has 0 amide bonds. The first kappa shape index (κ1) is 13.4. The van der Waals surface area contributed by atoms with Crippen molar-refractivity contribution in [3.05, 3.63) is 20.3 Å². The van der Waals surface area contributed by atoms with Crippen molar-refractivity contribution in [1.29, 1.82) is 0 Å². The fraction of sp³-hybridized carbons (Fsp3) is 0.600. The first-order valence-corrected chi connectivity index (χ1v) is 6.27. The molecule has 1 heterocycles. The highest BCUT2D eigenvalue weighted by molar-refractivity contribution is 14.1. The number of aromatic nitrogens is 2. The number of nitrogens with zero attached hydrogens (tertiary/aromatic N) is 1. The van der Waals surface area contributed by atoms with Crippen molar-refractivity contribution >= 4 is 22.6 Å². The number of hydrogen-bond donors (Lipinski definition) is 1. The van der Waals surface area contributed by atoms with Gasteiger partial charge in [-0.1, -0.05) is 13.3 Å². The van der Waals surface area contributed by atoms with Gasteiger partial charge in [-0.15, -0.1) is 0 Å². The lowest BCUT2D eigenvalue weighted by molar-refractivity contribution is 0.0961. The van der Waals surface area contributed by atoms with Crippen LogP contribution in [0.2, 0.25) is 0 Å². The average molecular weight is 338 g/mol. The monoisotopic (exact) mass is 338 g/mol. The largest absolute Gasteiger partial charge is 0.474 e. The third-order valence-electron chi connectivity index (χ3n) is 1.87. The first-order chi connectivity index (χ1) is 7.75. The predicted molar refractivity (Wildman–Crippen MR) is 68.8 cm³/mol. The molecule has 0 bridgehead atoms. The molecule has 0 radical (unpaired) electrons. The minimum atomic E-state index is -0.183. The molecular weight excluding hydrogens is 323 g/mol. The van der Waals surface area contributed by atoms with Crippen molar-refractivity contribution in [3.63, 3.8) is 0 Å². The molecule has 16 heavy (non-hydrogen) atoms. The molecule has 0 saturated heterocycles. The van der Waals surface area contributed by atoms with Crippen LogP contribution in [0.25, 0.3) is 0 Å². The van der Waals surface area contributed by atoms with Crippen molar-refractivity contribution < 1.29 is 9.47 Å². The second kappa shape index (κ2) is 7.61. The van der Waals surface area contributed by atoms with Crippen molar-refractivity contribution in [1.82, 2.24) is 9.97 Å².